The molecular weight excluding hydrogens is 374 g/mol. The highest BCUT2D eigenvalue weighted by atomic mass is 32.2. The molecule has 0 radical (unpaired) electrons. The number of nitrogens with two attached hydrogens (primary N) is 1. The third kappa shape index (κ3) is 6.74. The van der Waals surface area contributed by atoms with Gasteiger partial charge in [-0.1, -0.05) is 17.7 Å². The van der Waals surface area contributed by atoms with Crippen LogP contribution in [0.4, 0.5) is 5.69 Å². The number of carbonyl (C=O) groups is 3. The van der Waals surface area contributed by atoms with Gasteiger partial charge >= 0.3 is 0 Å². The summed E-state index contributed by atoms with van der Waals surface area (Å²) in [4.78, 5) is 38.3. The van der Waals surface area contributed by atoms with Gasteiger partial charge in [0, 0.05) is 35.7 Å². The van der Waals surface area contributed by atoms with E-state index in [0.717, 1.165) is 4.90 Å². The van der Waals surface area contributed by atoms with Gasteiger partial charge in [0.1, 0.15) is 0 Å². The fourth-order valence-electron chi connectivity index (χ4n) is 2.51. The third-order valence-corrected chi connectivity index (χ3v) is 5.18. The number of hydrogen-bond donors (Lipinski definition) is 2. The van der Waals surface area contributed by atoms with E-state index in [-0.39, 0.29) is 18.2 Å². The summed E-state index contributed by atoms with van der Waals surface area (Å²) in [6, 6.07) is 14.4. The van der Waals surface area contributed by atoms with Gasteiger partial charge in [-0.15, -0.1) is 11.8 Å². The van der Waals surface area contributed by atoms with Crippen LogP contribution in [0.3, 0.4) is 0 Å². The molecule has 28 heavy (non-hydrogen) atoms. The molecule has 0 aliphatic carbocycles. The number of anilines is 1. The van der Waals surface area contributed by atoms with Crippen molar-refractivity contribution >= 4 is 35.2 Å². The Morgan fingerprint density at radius 3 is 2.25 bits per heavy atom. The highest BCUT2D eigenvalue weighted by Crippen LogP contribution is 2.19. The van der Waals surface area contributed by atoms with Crippen molar-refractivity contribution in [3.05, 3.63) is 59.7 Å². The van der Waals surface area contributed by atoms with Crippen LogP contribution in [0.5, 0.6) is 0 Å². The monoisotopic (exact) mass is 399 g/mol. The van der Waals surface area contributed by atoms with E-state index in [1.807, 2.05) is 38.1 Å². The van der Waals surface area contributed by atoms with Gasteiger partial charge in [-0.2, -0.15) is 0 Å². The van der Waals surface area contributed by atoms with Crippen molar-refractivity contribution in [1.82, 2.24) is 4.90 Å². The normalized spacial score (nSPS) is 10.4. The van der Waals surface area contributed by atoms with Crippen LogP contribution < -0.4 is 11.1 Å². The van der Waals surface area contributed by atoms with Gasteiger partial charge in [-0.05, 0) is 50.2 Å². The first-order chi connectivity index (χ1) is 13.4. The molecule has 148 valence electrons. The fourth-order valence-corrected chi connectivity index (χ4v) is 3.31. The Labute approximate surface area is 169 Å². The van der Waals surface area contributed by atoms with Gasteiger partial charge < -0.3 is 16.0 Å². The van der Waals surface area contributed by atoms with Gasteiger partial charge in [0.15, 0.2) is 0 Å². The van der Waals surface area contributed by atoms with Crippen LogP contribution in [-0.4, -0.2) is 41.5 Å². The number of thioether (sulfide) groups is 1. The van der Waals surface area contributed by atoms with Crippen LogP contribution in [0.15, 0.2) is 53.4 Å². The SMILES string of the molecule is CCN(CCC(=O)Nc1ccc(C(N)=O)cc1)C(=O)CSc1ccc(C)cc1. The van der Waals surface area contributed by atoms with Crippen molar-refractivity contribution in [2.75, 3.05) is 24.2 Å². The molecule has 0 spiro atoms. The second-order valence-corrected chi connectivity index (χ2v) is 7.36. The maximum atomic E-state index is 12.4. The maximum Gasteiger partial charge on any atom is 0.248 e. The Hall–Kier alpha value is -2.80. The Morgan fingerprint density at radius 1 is 1.04 bits per heavy atom. The first kappa shape index (κ1) is 21.5. The molecule has 2 rings (SSSR count). The van der Waals surface area contributed by atoms with E-state index >= 15 is 0 Å². The van der Waals surface area contributed by atoms with Crippen molar-refractivity contribution < 1.29 is 14.4 Å². The highest BCUT2D eigenvalue weighted by molar-refractivity contribution is 8.00. The lowest BCUT2D eigenvalue weighted by Crippen LogP contribution is -2.34. The summed E-state index contributed by atoms with van der Waals surface area (Å²) in [6.07, 6.45) is 0.201. The van der Waals surface area contributed by atoms with E-state index in [2.05, 4.69) is 5.32 Å². The minimum absolute atomic E-state index is 0.00619. The number of hydrogen-bond acceptors (Lipinski definition) is 4. The third-order valence-electron chi connectivity index (χ3n) is 4.18. The zero-order valence-electron chi connectivity index (χ0n) is 16.1. The van der Waals surface area contributed by atoms with Crippen molar-refractivity contribution in [1.29, 1.82) is 0 Å². The molecule has 0 saturated heterocycles. The molecule has 3 amide bonds. The summed E-state index contributed by atoms with van der Waals surface area (Å²) in [7, 11) is 0. The number of amides is 3. The lowest BCUT2D eigenvalue weighted by atomic mass is 10.2. The van der Waals surface area contributed by atoms with Crippen LogP contribution in [0.1, 0.15) is 29.3 Å². The van der Waals surface area contributed by atoms with Gasteiger partial charge in [-0.3, -0.25) is 14.4 Å². The zero-order chi connectivity index (χ0) is 20.5. The smallest absolute Gasteiger partial charge is 0.248 e. The minimum atomic E-state index is -0.515. The van der Waals surface area contributed by atoms with E-state index in [1.54, 1.807) is 29.2 Å². The lowest BCUT2D eigenvalue weighted by Gasteiger charge is -2.20. The second kappa shape index (κ2) is 10.5. The van der Waals surface area contributed by atoms with E-state index in [0.29, 0.717) is 30.1 Å². The van der Waals surface area contributed by atoms with Crippen LogP contribution in [0.2, 0.25) is 0 Å². The molecule has 0 aromatic heterocycles. The largest absolute Gasteiger partial charge is 0.366 e. The molecule has 2 aromatic carbocycles. The van der Waals surface area contributed by atoms with Crippen LogP contribution in [0, 0.1) is 6.92 Å². The minimum Gasteiger partial charge on any atom is -0.366 e. The molecule has 2 aromatic rings. The van der Waals surface area contributed by atoms with E-state index < -0.39 is 5.91 Å². The molecule has 0 fully saturated rings. The molecule has 0 heterocycles. The topological polar surface area (TPSA) is 92.5 Å². The summed E-state index contributed by atoms with van der Waals surface area (Å²) < 4.78 is 0. The van der Waals surface area contributed by atoms with Crippen molar-refractivity contribution in [2.45, 2.75) is 25.2 Å². The average molecular weight is 400 g/mol. The average Bonchev–Trinajstić information content (AvgIpc) is 2.68. The number of nitrogens with zero attached hydrogens (tertiary/aromatic N) is 1. The zero-order valence-corrected chi connectivity index (χ0v) is 16.9. The van der Waals surface area contributed by atoms with Gasteiger partial charge in [0.25, 0.3) is 0 Å². The van der Waals surface area contributed by atoms with Crippen LogP contribution in [0.25, 0.3) is 0 Å². The number of aryl methyl sites for hydroxylation is 1. The van der Waals surface area contributed by atoms with E-state index in [1.165, 1.54) is 17.3 Å². The molecule has 0 aliphatic heterocycles. The Kier molecular flexibility index (Phi) is 8.07. The molecular formula is C21H25N3O3S. The standard InChI is InChI=1S/C21H25N3O3S/c1-3-24(20(26)14-28-18-10-4-15(2)5-11-18)13-12-19(25)23-17-8-6-16(7-9-17)21(22)27/h4-11H,3,12-14H2,1-2H3,(H2,22,27)(H,23,25). The highest BCUT2D eigenvalue weighted by Gasteiger charge is 2.14. The number of benzene rings is 2. The first-order valence-electron chi connectivity index (χ1n) is 9.06. The van der Waals surface area contributed by atoms with Gasteiger partial charge in [0.2, 0.25) is 17.7 Å². The number of rotatable bonds is 9. The predicted octanol–water partition coefficient (Wildman–Crippen LogP) is 3.06. The van der Waals surface area contributed by atoms with Gasteiger partial charge in [-0.25, -0.2) is 0 Å². The molecule has 3 N–H and O–H groups in total. The summed E-state index contributed by atoms with van der Waals surface area (Å²) >= 11 is 1.49. The van der Waals surface area contributed by atoms with Crippen molar-refractivity contribution in [3.63, 3.8) is 0 Å². The molecule has 0 atom stereocenters. The molecule has 0 bridgehead atoms. The fraction of sp³-hybridized carbons (Fsp3) is 0.286. The second-order valence-electron chi connectivity index (χ2n) is 6.31. The first-order valence-corrected chi connectivity index (χ1v) is 10.0. The predicted molar refractivity (Wildman–Crippen MR) is 112 cm³/mol. The van der Waals surface area contributed by atoms with E-state index in [9.17, 15) is 14.4 Å². The number of carbonyl (C=O) groups excluding carboxylic acids is 3. The van der Waals surface area contributed by atoms with Crippen LogP contribution in [-0.2, 0) is 9.59 Å². The summed E-state index contributed by atoms with van der Waals surface area (Å²) in [5.41, 5.74) is 7.34. The summed E-state index contributed by atoms with van der Waals surface area (Å²) in [5.74, 6) is -0.359. The van der Waals surface area contributed by atoms with E-state index in [4.69, 9.17) is 5.73 Å². The quantitative estimate of drug-likeness (QED) is 0.634. The maximum absolute atomic E-state index is 12.4. The summed E-state index contributed by atoms with van der Waals surface area (Å²) in [5, 5.41) is 2.76. The molecule has 6 nitrogen and oxygen atoms in total. The van der Waals surface area contributed by atoms with Crippen molar-refractivity contribution in [3.8, 4) is 0 Å². The molecule has 0 aliphatic rings. The van der Waals surface area contributed by atoms with Gasteiger partial charge in [0.05, 0.1) is 5.75 Å². The lowest BCUT2D eigenvalue weighted by molar-refractivity contribution is -0.128. The molecule has 7 heteroatoms. The van der Waals surface area contributed by atoms with Crippen LogP contribution >= 0.6 is 11.8 Å². The Balaban J connectivity index is 1.79. The molecule has 0 unspecified atom stereocenters. The number of primary amides is 1. The number of nitrogens with one attached hydrogen (secondary N) is 1. The Morgan fingerprint density at radius 2 is 1.68 bits per heavy atom. The van der Waals surface area contributed by atoms with Crippen molar-refractivity contribution in [2.24, 2.45) is 5.73 Å². The summed E-state index contributed by atoms with van der Waals surface area (Å²) in [6.45, 7) is 4.83. The molecule has 0 saturated carbocycles. The Bertz CT molecular complexity index is 820.